The molecule has 8 nitrogen and oxygen atoms in total. The number of amides is 1. The van der Waals surface area contributed by atoms with E-state index in [9.17, 15) is 9.59 Å². The van der Waals surface area contributed by atoms with E-state index in [1.54, 1.807) is 27.9 Å². The number of methoxy groups -OCH3 is 1. The van der Waals surface area contributed by atoms with Crippen LogP contribution in [-0.4, -0.2) is 62.0 Å². The Balaban J connectivity index is 1.43. The molecule has 8 heteroatoms. The van der Waals surface area contributed by atoms with Gasteiger partial charge in [0, 0.05) is 23.9 Å². The van der Waals surface area contributed by atoms with Gasteiger partial charge >= 0.3 is 12.1 Å². The van der Waals surface area contributed by atoms with Crippen molar-refractivity contribution in [3.8, 4) is 11.5 Å². The van der Waals surface area contributed by atoms with E-state index in [1.165, 1.54) is 11.1 Å². The number of esters is 1. The van der Waals surface area contributed by atoms with E-state index in [2.05, 4.69) is 23.3 Å². The predicted molar refractivity (Wildman–Crippen MR) is 118 cm³/mol. The van der Waals surface area contributed by atoms with Crippen LogP contribution in [0, 0.1) is 0 Å². The molecule has 1 aromatic carbocycles. The lowest BCUT2D eigenvalue weighted by atomic mass is 9.65. The average Bonchev–Trinajstić information content (AvgIpc) is 2.97. The molecule has 0 radical (unpaired) electrons. The summed E-state index contributed by atoms with van der Waals surface area (Å²) in [6.07, 6.45) is 2.33. The van der Waals surface area contributed by atoms with Crippen molar-refractivity contribution in [1.29, 1.82) is 0 Å². The molecule has 3 aliphatic rings. The highest BCUT2D eigenvalue weighted by Crippen LogP contribution is 2.57. The Morgan fingerprint density at radius 2 is 2.06 bits per heavy atom. The van der Waals surface area contributed by atoms with Crippen molar-refractivity contribution in [3.63, 3.8) is 0 Å². The lowest BCUT2D eigenvalue weighted by Gasteiger charge is -2.41. The zero-order valence-corrected chi connectivity index (χ0v) is 19.7. The SMILES string of the molecule is COc1ccc2c3c1OC1CC(OC(=O)CNC(=O)OC(C)(C)C)CCC31CCN(C)C2. The number of nitrogens with zero attached hydrogens (tertiary/aromatic N) is 1. The van der Waals surface area contributed by atoms with Crippen LogP contribution in [0.25, 0.3) is 0 Å². The molecule has 0 aromatic heterocycles. The maximum atomic E-state index is 12.3. The molecule has 3 atom stereocenters. The first-order valence-electron chi connectivity index (χ1n) is 11.3. The molecule has 1 amide bonds. The largest absolute Gasteiger partial charge is 0.493 e. The van der Waals surface area contributed by atoms with Gasteiger partial charge in [-0.25, -0.2) is 4.79 Å². The summed E-state index contributed by atoms with van der Waals surface area (Å²) in [5, 5.41) is 2.46. The van der Waals surface area contributed by atoms with Crippen molar-refractivity contribution in [2.24, 2.45) is 0 Å². The van der Waals surface area contributed by atoms with Crippen LogP contribution in [0.4, 0.5) is 4.79 Å². The smallest absolute Gasteiger partial charge is 0.408 e. The Morgan fingerprint density at radius 3 is 2.78 bits per heavy atom. The van der Waals surface area contributed by atoms with Crippen LogP contribution in [0.15, 0.2) is 12.1 Å². The summed E-state index contributed by atoms with van der Waals surface area (Å²) in [7, 11) is 3.82. The molecular weight excluding hydrogens is 412 g/mol. The first kappa shape index (κ1) is 22.7. The number of carbonyl (C=O) groups excluding carboxylic acids is 2. The van der Waals surface area contributed by atoms with Crippen molar-refractivity contribution in [2.75, 3.05) is 27.2 Å². The molecule has 3 unspecified atom stereocenters. The fraction of sp³-hybridized carbons (Fsp3) is 0.667. The third-order valence-electron chi connectivity index (χ3n) is 6.65. The third-order valence-corrected chi connectivity index (χ3v) is 6.65. The molecule has 1 spiro atoms. The van der Waals surface area contributed by atoms with Gasteiger partial charge in [0.1, 0.15) is 24.4 Å². The minimum Gasteiger partial charge on any atom is -0.493 e. The lowest BCUT2D eigenvalue weighted by molar-refractivity contribution is -0.152. The summed E-state index contributed by atoms with van der Waals surface area (Å²) in [6.45, 7) is 6.97. The monoisotopic (exact) mass is 446 g/mol. The fourth-order valence-corrected chi connectivity index (χ4v) is 5.27. The number of hydrogen-bond donors (Lipinski definition) is 1. The van der Waals surface area contributed by atoms with Crippen LogP contribution >= 0.6 is 0 Å². The summed E-state index contributed by atoms with van der Waals surface area (Å²) in [5.41, 5.74) is 1.87. The molecule has 1 N–H and O–H groups in total. The maximum Gasteiger partial charge on any atom is 0.408 e. The highest BCUT2D eigenvalue weighted by Gasteiger charge is 2.55. The standard InChI is InChI=1S/C24H34N2O6/c1-23(2,3)32-22(28)25-13-19(27)30-16-8-9-24-10-11-26(4)14-15-6-7-17(29-5)21(20(15)24)31-18(24)12-16/h6-7,16,18H,8-14H2,1-5H3,(H,25,28). The van der Waals surface area contributed by atoms with E-state index < -0.39 is 17.7 Å². The fourth-order valence-electron chi connectivity index (χ4n) is 5.27. The second kappa shape index (κ2) is 8.46. The lowest BCUT2D eigenvalue weighted by Crippen LogP contribution is -2.47. The topological polar surface area (TPSA) is 86.3 Å². The van der Waals surface area contributed by atoms with Crippen molar-refractivity contribution in [1.82, 2.24) is 10.2 Å². The number of nitrogens with one attached hydrogen (secondary N) is 1. The number of hydrogen-bond acceptors (Lipinski definition) is 7. The van der Waals surface area contributed by atoms with Gasteiger partial charge in [-0.2, -0.15) is 0 Å². The Hall–Kier alpha value is -2.48. The van der Waals surface area contributed by atoms with Crippen LogP contribution in [-0.2, 0) is 26.2 Å². The molecule has 0 bridgehead atoms. The Labute approximate surface area is 189 Å². The van der Waals surface area contributed by atoms with Crippen LogP contribution in [0.3, 0.4) is 0 Å². The van der Waals surface area contributed by atoms with E-state index in [-0.39, 0.29) is 24.2 Å². The molecule has 32 heavy (non-hydrogen) atoms. The molecule has 1 fully saturated rings. The summed E-state index contributed by atoms with van der Waals surface area (Å²) in [6, 6.07) is 4.14. The predicted octanol–water partition coefficient (Wildman–Crippen LogP) is 3.15. The van der Waals surface area contributed by atoms with Gasteiger partial charge in [0.2, 0.25) is 0 Å². The molecule has 2 aliphatic heterocycles. The number of ether oxygens (including phenoxy) is 4. The maximum absolute atomic E-state index is 12.3. The van der Waals surface area contributed by atoms with E-state index in [4.69, 9.17) is 18.9 Å². The van der Waals surface area contributed by atoms with Gasteiger partial charge in [0.05, 0.1) is 7.11 Å². The van der Waals surface area contributed by atoms with Gasteiger partial charge in [-0.15, -0.1) is 0 Å². The van der Waals surface area contributed by atoms with Gasteiger partial charge in [0.25, 0.3) is 0 Å². The third kappa shape index (κ3) is 4.37. The van der Waals surface area contributed by atoms with Crippen LogP contribution in [0.2, 0.25) is 0 Å². The van der Waals surface area contributed by atoms with E-state index in [0.29, 0.717) is 6.42 Å². The molecule has 4 rings (SSSR count). The van der Waals surface area contributed by atoms with E-state index >= 15 is 0 Å². The zero-order chi connectivity index (χ0) is 23.1. The molecule has 2 heterocycles. The van der Waals surface area contributed by atoms with Crippen LogP contribution in [0.1, 0.15) is 57.6 Å². The Morgan fingerprint density at radius 1 is 1.28 bits per heavy atom. The Bertz CT molecular complexity index is 895. The van der Waals surface area contributed by atoms with Crippen molar-refractivity contribution in [3.05, 3.63) is 23.3 Å². The second-order valence-corrected chi connectivity index (χ2v) is 10.1. The van der Waals surface area contributed by atoms with Gasteiger partial charge in [-0.1, -0.05) is 6.07 Å². The number of alkyl carbamates (subject to hydrolysis) is 1. The molecule has 176 valence electrons. The second-order valence-electron chi connectivity index (χ2n) is 10.1. The quantitative estimate of drug-likeness (QED) is 0.711. The summed E-state index contributed by atoms with van der Waals surface area (Å²) < 4.78 is 22.9. The zero-order valence-electron chi connectivity index (χ0n) is 19.7. The van der Waals surface area contributed by atoms with Crippen molar-refractivity contribution < 1.29 is 28.5 Å². The van der Waals surface area contributed by atoms with Gasteiger partial charge in [-0.05, 0) is 65.3 Å². The summed E-state index contributed by atoms with van der Waals surface area (Å²) in [5.74, 6) is 1.15. The van der Waals surface area contributed by atoms with Gasteiger partial charge in [-0.3, -0.25) is 4.79 Å². The molecule has 1 aliphatic carbocycles. The number of rotatable bonds is 4. The summed E-state index contributed by atoms with van der Waals surface area (Å²) >= 11 is 0. The van der Waals surface area contributed by atoms with Gasteiger partial charge < -0.3 is 29.2 Å². The molecular formula is C24H34N2O6. The highest BCUT2D eigenvalue weighted by molar-refractivity contribution is 5.78. The number of benzene rings is 1. The van der Waals surface area contributed by atoms with Crippen LogP contribution in [0.5, 0.6) is 11.5 Å². The van der Waals surface area contributed by atoms with E-state index in [0.717, 1.165) is 43.9 Å². The summed E-state index contributed by atoms with van der Waals surface area (Å²) in [4.78, 5) is 26.5. The highest BCUT2D eigenvalue weighted by atomic mass is 16.6. The Kier molecular flexibility index (Phi) is 6.00. The normalized spacial score (nSPS) is 26.8. The molecule has 1 aromatic rings. The first-order valence-corrected chi connectivity index (χ1v) is 11.3. The average molecular weight is 447 g/mol. The van der Waals surface area contributed by atoms with Crippen molar-refractivity contribution >= 4 is 12.1 Å². The molecule has 1 saturated carbocycles. The van der Waals surface area contributed by atoms with E-state index in [1.807, 2.05) is 6.07 Å². The number of carbonyl (C=O) groups is 2. The van der Waals surface area contributed by atoms with Gasteiger partial charge in [0.15, 0.2) is 11.5 Å². The minimum absolute atomic E-state index is 0.0654. The molecule has 0 saturated heterocycles. The van der Waals surface area contributed by atoms with Crippen LogP contribution < -0.4 is 14.8 Å². The first-order chi connectivity index (χ1) is 15.1. The minimum atomic E-state index is -0.631. The van der Waals surface area contributed by atoms with Crippen molar-refractivity contribution in [2.45, 2.75) is 76.2 Å².